The van der Waals surface area contributed by atoms with Crippen LogP contribution in [0.5, 0.6) is 0 Å². The van der Waals surface area contributed by atoms with Crippen molar-refractivity contribution in [2.45, 2.75) is 54.8 Å². The van der Waals surface area contributed by atoms with Crippen LogP contribution >= 0.6 is 40.1 Å². The van der Waals surface area contributed by atoms with Gasteiger partial charge < -0.3 is 11.1 Å². The van der Waals surface area contributed by atoms with E-state index in [1.807, 2.05) is 31.2 Å². The molecule has 1 unspecified atom stereocenters. The Morgan fingerprint density at radius 3 is 2.43 bits per heavy atom. The van der Waals surface area contributed by atoms with Gasteiger partial charge in [0.1, 0.15) is 0 Å². The van der Waals surface area contributed by atoms with Gasteiger partial charge in [0.15, 0.2) is 0 Å². The van der Waals surface area contributed by atoms with Crippen LogP contribution in [-0.4, -0.2) is 23.2 Å². The molecular weight excluding hydrogens is 372 g/mol. The molecule has 1 aromatic rings. The van der Waals surface area contributed by atoms with Crippen molar-refractivity contribution < 1.29 is 4.79 Å². The second-order valence-electron chi connectivity index (χ2n) is 5.33. The number of amides is 1. The van der Waals surface area contributed by atoms with Crippen LogP contribution in [0.3, 0.4) is 0 Å². The minimum absolute atomic E-state index is 0. The molecule has 0 saturated heterocycles. The summed E-state index contributed by atoms with van der Waals surface area (Å²) < 4.78 is 1.05. The number of nitrogens with two attached hydrogens (primary N) is 1. The summed E-state index contributed by atoms with van der Waals surface area (Å²) in [5.74, 6) is 0.124. The smallest absolute Gasteiger partial charge is 0.233 e. The third kappa shape index (κ3) is 6.19. The van der Waals surface area contributed by atoms with Crippen LogP contribution in [0, 0.1) is 0 Å². The van der Waals surface area contributed by atoms with Crippen LogP contribution in [0.4, 0.5) is 0 Å². The number of benzene rings is 1. The second kappa shape index (κ2) is 9.03. The first kappa shape index (κ1) is 18.8. The zero-order chi connectivity index (χ0) is 14.5. The molecule has 1 amide bonds. The number of halogens is 2. The fourth-order valence-corrected chi connectivity index (χ4v) is 3.49. The molecule has 2 rings (SSSR count). The van der Waals surface area contributed by atoms with E-state index >= 15 is 0 Å². The van der Waals surface area contributed by atoms with Gasteiger partial charge in [-0.3, -0.25) is 4.79 Å². The van der Waals surface area contributed by atoms with E-state index in [-0.39, 0.29) is 23.6 Å². The number of hydrogen-bond acceptors (Lipinski definition) is 3. The number of carbonyl (C=O) groups excluding carboxylic acids is 1. The summed E-state index contributed by atoms with van der Waals surface area (Å²) in [6.45, 7) is 1.95. The summed E-state index contributed by atoms with van der Waals surface area (Å²) in [6, 6.07) is 8.66. The summed E-state index contributed by atoms with van der Waals surface area (Å²) in [5, 5.41) is 3.07. The molecule has 1 aliphatic carbocycles. The standard InChI is InChI=1S/C15H21BrN2OS.ClH/c1-10(20-14-8-2-11(16)3-9-14)15(19)18-13-6-4-12(17)5-7-13;/h2-3,8-10,12-13H,4-7,17H2,1H3,(H,18,19);1H. The highest BCUT2D eigenvalue weighted by molar-refractivity contribution is 9.10. The number of nitrogens with one attached hydrogen (secondary N) is 1. The molecular formula is C15H22BrClN2OS. The molecule has 1 atom stereocenters. The van der Waals surface area contributed by atoms with Gasteiger partial charge in [-0.2, -0.15) is 0 Å². The van der Waals surface area contributed by atoms with Gasteiger partial charge in [-0.25, -0.2) is 0 Å². The monoisotopic (exact) mass is 392 g/mol. The highest BCUT2D eigenvalue weighted by Crippen LogP contribution is 2.25. The topological polar surface area (TPSA) is 55.1 Å². The Morgan fingerprint density at radius 2 is 1.86 bits per heavy atom. The van der Waals surface area contributed by atoms with Crippen molar-refractivity contribution in [2.24, 2.45) is 5.73 Å². The van der Waals surface area contributed by atoms with Crippen molar-refractivity contribution in [1.29, 1.82) is 0 Å². The van der Waals surface area contributed by atoms with Gasteiger partial charge in [0.25, 0.3) is 0 Å². The lowest BCUT2D eigenvalue weighted by molar-refractivity contribution is -0.121. The van der Waals surface area contributed by atoms with E-state index in [2.05, 4.69) is 21.2 Å². The predicted octanol–water partition coefficient (Wildman–Crippen LogP) is 3.74. The van der Waals surface area contributed by atoms with Crippen molar-refractivity contribution in [2.75, 3.05) is 0 Å². The van der Waals surface area contributed by atoms with Crippen molar-refractivity contribution >= 4 is 46.0 Å². The van der Waals surface area contributed by atoms with Crippen LogP contribution in [0.15, 0.2) is 33.6 Å². The van der Waals surface area contributed by atoms with Gasteiger partial charge in [0.05, 0.1) is 5.25 Å². The van der Waals surface area contributed by atoms with Gasteiger partial charge >= 0.3 is 0 Å². The lowest BCUT2D eigenvalue weighted by atomic mass is 9.92. The van der Waals surface area contributed by atoms with Crippen LogP contribution in [0.25, 0.3) is 0 Å². The Bertz CT molecular complexity index is 449. The molecule has 1 fully saturated rings. The molecule has 0 heterocycles. The molecule has 0 aliphatic heterocycles. The zero-order valence-electron chi connectivity index (χ0n) is 12.0. The summed E-state index contributed by atoms with van der Waals surface area (Å²) in [5.41, 5.74) is 5.88. The van der Waals surface area contributed by atoms with Crippen LogP contribution in [0.1, 0.15) is 32.6 Å². The second-order valence-corrected chi connectivity index (χ2v) is 7.66. The Kier molecular flexibility index (Phi) is 8.09. The molecule has 0 aromatic heterocycles. The summed E-state index contributed by atoms with van der Waals surface area (Å²) >= 11 is 5.00. The first-order chi connectivity index (χ1) is 9.54. The molecule has 3 N–H and O–H groups in total. The summed E-state index contributed by atoms with van der Waals surface area (Å²) in [7, 11) is 0. The van der Waals surface area contributed by atoms with Gasteiger partial charge in [-0.1, -0.05) is 15.9 Å². The van der Waals surface area contributed by atoms with Gasteiger partial charge in [0, 0.05) is 21.5 Å². The molecule has 1 aromatic carbocycles. The highest BCUT2D eigenvalue weighted by Gasteiger charge is 2.22. The molecule has 118 valence electrons. The Labute approximate surface area is 145 Å². The molecule has 3 nitrogen and oxygen atoms in total. The van der Waals surface area contributed by atoms with Gasteiger partial charge in [-0.15, -0.1) is 24.2 Å². The third-order valence-electron chi connectivity index (χ3n) is 3.61. The maximum absolute atomic E-state index is 12.2. The largest absolute Gasteiger partial charge is 0.352 e. The fraction of sp³-hybridized carbons (Fsp3) is 0.533. The zero-order valence-corrected chi connectivity index (χ0v) is 15.3. The Hall–Kier alpha value is -0.230. The molecule has 21 heavy (non-hydrogen) atoms. The maximum Gasteiger partial charge on any atom is 0.233 e. The van der Waals surface area contributed by atoms with Gasteiger partial charge in [0.2, 0.25) is 5.91 Å². The van der Waals surface area contributed by atoms with Gasteiger partial charge in [-0.05, 0) is 56.9 Å². The quantitative estimate of drug-likeness (QED) is 0.766. The first-order valence-electron chi connectivity index (χ1n) is 7.03. The van der Waals surface area contributed by atoms with Crippen LogP contribution in [-0.2, 0) is 4.79 Å². The molecule has 1 saturated carbocycles. The molecule has 0 radical (unpaired) electrons. The van der Waals surface area contributed by atoms with Crippen molar-refractivity contribution in [3.8, 4) is 0 Å². The number of hydrogen-bond donors (Lipinski definition) is 2. The third-order valence-corrected chi connectivity index (χ3v) is 5.25. The average molecular weight is 394 g/mol. The van der Waals surface area contributed by atoms with E-state index in [1.54, 1.807) is 11.8 Å². The van der Waals surface area contributed by atoms with Crippen LogP contribution < -0.4 is 11.1 Å². The van der Waals surface area contributed by atoms with E-state index in [0.717, 1.165) is 35.1 Å². The SMILES string of the molecule is CC(Sc1ccc(Br)cc1)C(=O)NC1CCC(N)CC1.Cl. The lowest BCUT2D eigenvalue weighted by Crippen LogP contribution is -2.43. The van der Waals surface area contributed by atoms with E-state index in [4.69, 9.17) is 5.73 Å². The van der Waals surface area contributed by atoms with Crippen molar-refractivity contribution in [3.05, 3.63) is 28.7 Å². The minimum Gasteiger partial charge on any atom is -0.352 e. The lowest BCUT2D eigenvalue weighted by Gasteiger charge is -2.27. The molecule has 1 aliphatic rings. The molecule has 0 spiro atoms. The fourth-order valence-electron chi connectivity index (χ4n) is 2.35. The number of rotatable bonds is 4. The molecule has 0 bridgehead atoms. The predicted molar refractivity (Wildman–Crippen MR) is 95.1 cm³/mol. The average Bonchev–Trinajstić information content (AvgIpc) is 2.44. The number of thioether (sulfide) groups is 1. The minimum atomic E-state index is -0.0771. The normalized spacial score (nSPS) is 23.0. The van der Waals surface area contributed by atoms with E-state index < -0.39 is 0 Å². The highest BCUT2D eigenvalue weighted by atomic mass is 79.9. The van der Waals surface area contributed by atoms with Crippen molar-refractivity contribution in [3.63, 3.8) is 0 Å². The number of carbonyl (C=O) groups is 1. The Morgan fingerprint density at radius 1 is 1.29 bits per heavy atom. The van der Waals surface area contributed by atoms with Crippen LogP contribution in [0.2, 0.25) is 0 Å². The van der Waals surface area contributed by atoms with E-state index in [0.29, 0.717) is 12.1 Å². The van der Waals surface area contributed by atoms with E-state index in [1.165, 1.54) is 0 Å². The molecule has 6 heteroatoms. The maximum atomic E-state index is 12.2. The van der Waals surface area contributed by atoms with E-state index in [9.17, 15) is 4.79 Å². The summed E-state index contributed by atoms with van der Waals surface area (Å²) in [6.07, 6.45) is 4.03. The van der Waals surface area contributed by atoms with Crippen molar-refractivity contribution in [1.82, 2.24) is 5.32 Å². The first-order valence-corrected chi connectivity index (χ1v) is 8.70. The Balaban J connectivity index is 0.00000220. The summed E-state index contributed by atoms with van der Waals surface area (Å²) in [4.78, 5) is 13.3.